The Morgan fingerprint density at radius 2 is 2.07 bits per heavy atom. The summed E-state index contributed by atoms with van der Waals surface area (Å²) in [6.07, 6.45) is 2.93. The lowest BCUT2D eigenvalue weighted by molar-refractivity contribution is -0.117. The van der Waals surface area contributed by atoms with E-state index in [0.29, 0.717) is 0 Å². The summed E-state index contributed by atoms with van der Waals surface area (Å²) >= 11 is 1.82. The van der Waals surface area contributed by atoms with Crippen LogP contribution >= 0.6 is 11.3 Å². The maximum absolute atomic E-state index is 13.1. The zero-order chi connectivity index (χ0) is 20.3. The summed E-state index contributed by atoms with van der Waals surface area (Å²) in [6, 6.07) is 12.2. The summed E-state index contributed by atoms with van der Waals surface area (Å²) in [4.78, 5) is 21.1. The molecule has 4 rings (SSSR count). The van der Waals surface area contributed by atoms with Crippen molar-refractivity contribution in [3.8, 4) is 0 Å². The van der Waals surface area contributed by atoms with E-state index in [4.69, 9.17) is 4.74 Å². The lowest BCUT2D eigenvalue weighted by Crippen LogP contribution is -2.51. The van der Waals surface area contributed by atoms with Gasteiger partial charge in [-0.3, -0.25) is 9.69 Å². The lowest BCUT2D eigenvalue weighted by atomic mass is 9.92. The van der Waals surface area contributed by atoms with Gasteiger partial charge in [-0.2, -0.15) is 0 Å². The van der Waals surface area contributed by atoms with Crippen LogP contribution in [0.2, 0.25) is 0 Å². The van der Waals surface area contributed by atoms with Gasteiger partial charge in [-0.1, -0.05) is 12.1 Å². The Kier molecular flexibility index (Phi) is 6.23. The number of carbonyl (C=O) groups is 1. The summed E-state index contributed by atoms with van der Waals surface area (Å²) in [7, 11) is 4.00. The number of anilines is 1. The van der Waals surface area contributed by atoms with Gasteiger partial charge in [-0.25, -0.2) is 0 Å². The number of likely N-dealkylation sites (tertiary alicyclic amines) is 1. The highest BCUT2D eigenvalue weighted by Crippen LogP contribution is 2.31. The molecule has 1 atom stereocenters. The molecule has 0 N–H and O–H groups in total. The Morgan fingerprint density at radius 1 is 1.17 bits per heavy atom. The van der Waals surface area contributed by atoms with Crippen molar-refractivity contribution in [1.29, 1.82) is 0 Å². The van der Waals surface area contributed by atoms with Crippen LogP contribution in [0.25, 0.3) is 0 Å². The Labute approximate surface area is 177 Å². The zero-order valence-corrected chi connectivity index (χ0v) is 18.3. The van der Waals surface area contributed by atoms with E-state index in [1.165, 1.54) is 4.88 Å². The molecular weight excluding hydrogens is 382 g/mol. The molecule has 0 unspecified atom stereocenters. The molecule has 0 bridgehead atoms. The van der Waals surface area contributed by atoms with Crippen molar-refractivity contribution in [2.45, 2.75) is 31.4 Å². The number of benzene rings is 1. The number of ether oxygens (including phenoxy) is 1. The maximum atomic E-state index is 13.1. The molecule has 1 aromatic carbocycles. The molecule has 1 amide bonds. The largest absolute Gasteiger partial charge is 0.378 e. The van der Waals surface area contributed by atoms with Crippen molar-refractivity contribution in [3.63, 3.8) is 0 Å². The van der Waals surface area contributed by atoms with Crippen LogP contribution in [0.1, 0.15) is 34.5 Å². The number of rotatable bonds is 4. The topological polar surface area (TPSA) is 36.0 Å². The first-order chi connectivity index (χ1) is 14.0. The monoisotopic (exact) mass is 413 g/mol. The van der Waals surface area contributed by atoms with Gasteiger partial charge in [-0.05, 0) is 48.9 Å². The summed E-state index contributed by atoms with van der Waals surface area (Å²) in [5.41, 5.74) is 1.72. The third-order valence-corrected chi connectivity index (χ3v) is 6.94. The Morgan fingerprint density at radius 3 is 2.86 bits per heavy atom. The second kappa shape index (κ2) is 8.86. The van der Waals surface area contributed by atoms with Gasteiger partial charge in [-0.15, -0.1) is 11.3 Å². The zero-order valence-electron chi connectivity index (χ0n) is 17.5. The molecule has 2 fully saturated rings. The second-order valence-electron chi connectivity index (χ2n) is 8.41. The molecule has 3 heterocycles. The first kappa shape index (κ1) is 20.4. The van der Waals surface area contributed by atoms with Crippen LogP contribution in [0, 0.1) is 0 Å². The molecule has 156 valence electrons. The third-order valence-electron chi connectivity index (χ3n) is 6.08. The smallest absolute Gasteiger partial charge is 0.253 e. The van der Waals surface area contributed by atoms with E-state index in [-0.39, 0.29) is 11.5 Å². The Bertz CT molecular complexity index is 823. The van der Waals surface area contributed by atoms with E-state index >= 15 is 0 Å². The van der Waals surface area contributed by atoms with Gasteiger partial charge in [0.15, 0.2) is 0 Å². The van der Waals surface area contributed by atoms with E-state index in [9.17, 15) is 4.79 Å². The molecule has 0 aliphatic carbocycles. The normalized spacial score (nSPS) is 23.2. The minimum atomic E-state index is -0.115. The predicted molar refractivity (Wildman–Crippen MR) is 119 cm³/mol. The summed E-state index contributed by atoms with van der Waals surface area (Å²) in [6.45, 7) is 5.30. The van der Waals surface area contributed by atoms with Crippen LogP contribution in [0.3, 0.4) is 0 Å². The molecule has 6 heteroatoms. The number of amides is 1. The minimum absolute atomic E-state index is 0.115. The van der Waals surface area contributed by atoms with Crippen LogP contribution < -0.4 is 4.90 Å². The number of morpholine rings is 1. The van der Waals surface area contributed by atoms with Crippen molar-refractivity contribution in [2.24, 2.45) is 0 Å². The number of thiophene rings is 1. The van der Waals surface area contributed by atoms with Crippen LogP contribution in [-0.2, 0) is 11.3 Å². The number of hydrogen-bond donors (Lipinski definition) is 0. The van der Waals surface area contributed by atoms with Crippen LogP contribution in [0.4, 0.5) is 5.69 Å². The van der Waals surface area contributed by atoms with Crippen LogP contribution in [-0.4, -0.2) is 68.2 Å². The average molecular weight is 414 g/mol. The van der Waals surface area contributed by atoms with Crippen molar-refractivity contribution in [2.75, 3.05) is 51.8 Å². The minimum Gasteiger partial charge on any atom is -0.378 e. The average Bonchev–Trinajstić information content (AvgIpc) is 3.15. The summed E-state index contributed by atoms with van der Waals surface area (Å²) < 4.78 is 6.34. The van der Waals surface area contributed by atoms with Crippen molar-refractivity contribution in [3.05, 3.63) is 52.2 Å². The maximum Gasteiger partial charge on any atom is 0.253 e. The van der Waals surface area contributed by atoms with Gasteiger partial charge < -0.3 is 14.5 Å². The lowest BCUT2D eigenvalue weighted by Gasteiger charge is -2.42. The fraction of sp³-hybridized carbons (Fsp3) is 0.522. The first-order valence-corrected chi connectivity index (χ1v) is 11.4. The third kappa shape index (κ3) is 4.82. The van der Waals surface area contributed by atoms with Gasteiger partial charge >= 0.3 is 0 Å². The van der Waals surface area contributed by atoms with Crippen molar-refractivity contribution in [1.82, 2.24) is 9.80 Å². The number of hydrogen-bond acceptors (Lipinski definition) is 5. The first-order valence-electron chi connectivity index (χ1n) is 10.5. The number of carbonyl (C=O) groups excluding carboxylic acids is 1. The highest BCUT2D eigenvalue weighted by molar-refractivity contribution is 7.09. The molecule has 0 saturated carbocycles. The SMILES string of the molecule is CN(C)c1cccc(C(=O)N2CCC[C@]3(CC2)CN(Cc2cccs2)CCO3)c1. The highest BCUT2D eigenvalue weighted by Gasteiger charge is 2.39. The van der Waals surface area contributed by atoms with Crippen molar-refractivity contribution >= 4 is 22.9 Å². The highest BCUT2D eigenvalue weighted by atomic mass is 32.1. The Hall–Kier alpha value is -1.89. The standard InChI is InChI=1S/C23H31N3O2S/c1-24(2)20-7-3-6-19(16-20)22(27)26-11-5-9-23(10-12-26)18-25(13-14-28-23)17-21-8-4-15-29-21/h3-4,6-8,15-16H,5,9-14,17-18H2,1-2H3/t23-/m0/s1. The van der Waals surface area contributed by atoms with Gasteiger partial charge in [0.1, 0.15) is 0 Å². The van der Waals surface area contributed by atoms with E-state index in [1.54, 1.807) is 0 Å². The quantitative estimate of drug-likeness (QED) is 0.766. The van der Waals surface area contributed by atoms with Crippen LogP contribution in [0.15, 0.2) is 41.8 Å². The molecule has 2 aromatic rings. The van der Waals surface area contributed by atoms with Gasteiger partial charge in [0.05, 0.1) is 12.2 Å². The van der Waals surface area contributed by atoms with Gasteiger partial charge in [0.2, 0.25) is 0 Å². The summed E-state index contributed by atoms with van der Waals surface area (Å²) in [5, 5.41) is 2.14. The number of nitrogens with zero attached hydrogens (tertiary/aromatic N) is 3. The van der Waals surface area contributed by atoms with E-state index < -0.39 is 0 Å². The van der Waals surface area contributed by atoms with E-state index in [0.717, 1.165) is 69.8 Å². The second-order valence-corrected chi connectivity index (χ2v) is 9.44. The fourth-order valence-corrected chi connectivity index (χ4v) is 5.20. The van der Waals surface area contributed by atoms with Gasteiger partial charge in [0, 0.05) is 62.9 Å². The fourth-order valence-electron chi connectivity index (χ4n) is 4.45. The van der Waals surface area contributed by atoms with E-state index in [1.807, 2.05) is 59.5 Å². The molecule has 2 aliphatic rings. The molecule has 2 aliphatic heterocycles. The molecule has 5 nitrogen and oxygen atoms in total. The summed E-state index contributed by atoms with van der Waals surface area (Å²) in [5.74, 6) is 0.136. The molecule has 29 heavy (non-hydrogen) atoms. The van der Waals surface area contributed by atoms with Crippen molar-refractivity contribution < 1.29 is 9.53 Å². The molecule has 1 aromatic heterocycles. The van der Waals surface area contributed by atoms with Gasteiger partial charge in [0.25, 0.3) is 5.91 Å². The molecular formula is C23H31N3O2S. The Balaban J connectivity index is 1.41. The predicted octanol–water partition coefficient (Wildman–Crippen LogP) is 3.71. The molecule has 1 spiro atoms. The molecule has 0 radical (unpaired) electrons. The van der Waals surface area contributed by atoms with E-state index in [2.05, 4.69) is 22.4 Å². The van der Waals surface area contributed by atoms with Crippen LogP contribution in [0.5, 0.6) is 0 Å². The molecule has 2 saturated heterocycles.